The Balaban J connectivity index is 1.52. The molecule has 2 aliphatic rings. The van der Waals surface area contributed by atoms with Crippen LogP contribution in [-0.4, -0.2) is 27.5 Å². The second kappa shape index (κ2) is 6.69. The van der Waals surface area contributed by atoms with Crippen LogP contribution < -0.4 is 4.74 Å². The largest absolute Gasteiger partial charge is 0.483 e. The summed E-state index contributed by atoms with van der Waals surface area (Å²) in [7, 11) is 0. The quantitative estimate of drug-likeness (QED) is 0.839. The molecule has 2 heterocycles. The molecule has 0 saturated carbocycles. The molecule has 0 radical (unpaired) electrons. The molecule has 0 spiro atoms. The van der Waals surface area contributed by atoms with Crippen molar-refractivity contribution >= 4 is 12.2 Å². The number of aryl methyl sites for hydroxylation is 2. The molecule has 128 valence electrons. The standard InChI is InChI=1S/C18H23N3O2S/c1-12(23-15-8-7-13-4-2-5-14(13)10-15)17-19-20-18(24)21(17)11-16-6-3-9-22-16/h7-8,10,12,16H,2-6,9,11H2,1H3,(H,20,24). The van der Waals surface area contributed by atoms with Crippen LogP contribution in [-0.2, 0) is 24.1 Å². The van der Waals surface area contributed by atoms with Gasteiger partial charge in [-0.3, -0.25) is 9.67 Å². The molecule has 1 aromatic heterocycles. The molecule has 0 bridgehead atoms. The van der Waals surface area contributed by atoms with E-state index in [1.807, 2.05) is 11.5 Å². The average Bonchev–Trinajstić information content (AvgIpc) is 3.30. The molecular formula is C18H23N3O2S. The topological polar surface area (TPSA) is 52.1 Å². The van der Waals surface area contributed by atoms with Crippen molar-refractivity contribution in [1.82, 2.24) is 14.8 Å². The summed E-state index contributed by atoms with van der Waals surface area (Å²) in [5, 5.41) is 7.29. The van der Waals surface area contributed by atoms with E-state index in [1.54, 1.807) is 0 Å². The molecule has 1 fully saturated rings. The van der Waals surface area contributed by atoms with Gasteiger partial charge in [-0.1, -0.05) is 6.07 Å². The average molecular weight is 345 g/mol. The zero-order chi connectivity index (χ0) is 16.5. The summed E-state index contributed by atoms with van der Waals surface area (Å²) in [6.45, 7) is 3.60. The Morgan fingerprint density at radius 3 is 3.08 bits per heavy atom. The van der Waals surface area contributed by atoms with E-state index in [-0.39, 0.29) is 12.2 Å². The van der Waals surface area contributed by atoms with E-state index < -0.39 is 0 Å². The molecule has 1 aliphatic heterocycles. The molecule has 4 rings (SSSR count). The predicted molar refractivity (Wildman–Crippen MR) is 93.9 cm³/mol. The fourth-order valence-electron chi connectivity index (χ4n) is 3.69. The third kappa shape index (κ3) is 3.13. The van der Waals surface area contributed by atoms with Crippen LogP contribution in [0, 0.1) is 4.77 Å². The molecular weight excluding hydrogens is 322 g/mol. The predicted octanol–water partition coefficient (Wildman–Crippen LogP) is 3.75. The van der Waals surface area contributed by atoms with Gasteiger partial charge in [0.2, 0.25) is 0 Å². The number of aromatic amines is 1. The first-order chi connectivity index (χ1) is 11.7. The van der Waals surface area contributed by atoms with E-state index in [4.69, 9.17) is 21.7 Å². The Hall–Kier alpha value is -1.66. The van der Waals surface area contributed by atoms with Crippen molar-refractivity contribution in [2.45, 2.75) is 57.8 Å². The zero-order valence-electron chi connectivity index (χ0n) is 14.0. The number of nitrogens with one attached hydrogen (secondary N) is 1. The van der Waals surface area contributed by atoms with E-state index in [0.29, 0.717) is 4.77 Å². The van der Waals surface area contributed by atoms with Crippen molar-refractivity contribution < 1.29 is 9.47 Å². The summed E-state index contributed by atoms with van der Waals surface area (Å²) in [6.07, 6.45) is 5.83. The number of nitrogens with zero attached hydrogens (tertiary/aromatic N) is 2. The smallest absolute Gasteiger partial charge is 0.195 e. The molecule has 5 nitrogen and oxygen atoms in total. The van der Waals surface area contributed by atoms with Gasteiger partial charge in [-0.2, -0.15) is 5.10 Å². The van der Waals surface area contributed by atoms with Crippen molar-refractivity contribution in [1.29, 1.82) is 0 Å². The number of ether oxygens (including phenoxy) is 2. The fourth-order valence-corrected chi connectivity index (χ4v) is 3.90. The monoisotopic (exact) mass is 345 g/mol. The molecule has 1 saturated heterocycles. The third-order valence-corrected chi connectivity index (χ3v) is 5.26. The first-order valence-corrected chi connectivity index (χ1v) is 9.16. The number of aromatic nitrogens is 3. The van der Waals surface area contributed by atoms with E-state index in [0.717, 1.165) is 44.0 Å². The maximum absolute atomic E-state index is 6.15. The minimum atomic E-state index is -0.168. The van der Waals surface area contributed by atoms with Gasteiger partial charge < -0.3 is 9.47 Å². The molecule has 6 heteroatoms. The second-order valence-corrected chi connectivity index (χ2v) is 7.06. The van der Waals surface area contributed by atoms with Gasteiger partial charge in [0, 0.05) is 6.61 Å². The third-order valence-electron chi connectivity index (χ3n) is 4.94. The van der Waals surface area contributed by atoms with Crippen LogP contribution in [0.3, 0.4) is 0 Å². The summed E-state index contributed by atoms with van der Waals surface area (Å²) in [4.78, 5) is 0. The molecule has 2 aromatic rings. The molecule has 1 N–H and O–H groups in total. The zero-order valence-corrected chi connectivity index (χ0v) is 14.8. The van der Waals surface area contributed by atoms with Crippen LogP contribution in [0.2, 0.25) is 0 Å². The molecule has 1 aliphatic carbocycles. The van der Waals surface area contributed by atoms with Crippen molar-refractivity contribution in [2.75, 3.05) is 6.61 Å². The number of fused-ring (bicyclic) bond motifs is 1. The lowest BCUT2D eigenvalue weighted by atomic mass is 10.1. The van der Waals surface area contributed by atoms with Gasteiger partial charge >= 0.3 is 0 Å². The van der Waals surface area contributed by atoms with Crippen LogP contribution in [0.5, 0.6) is 5.75 Å². The summed E-state index contributed by atoms with van der Waals surface area (Å²) >= 11 is 5.39. The SMILES string of the molecule is CC(Oc1ccc2c(c1)CCC2)c1n[nH]c(=S)n1CC1CCCO1. The van der Waals surface area contributed by atoms with Gasteiger partial charge in [-0.15, -0.1) is 0 Å². The van der Waals surface area contributed by atoms with Gasteiger partial charge in [0.05, 0.1) is 12.6 Å². The van der Waals surface area contributed by atoms with Crippen LogP contribution >= 0.6 is 12.2 Å². The van der Waals surface area contributed by atoms with Gasteiger partial charge in [0.1, 0.15) is 5.75 Å². The van der Waals surface area contributed by atoms with Crippen molar-refractivity contribution in [3.05, 3.63) is 39.9 Å². The maximum atomic E-state index is 6.15. The van der Waals surface area contributed by atoms with Crippen LogP contribution in [0.4, 0.5) is 0 Å². The first-order valence-electron chi connectivity index (χ1n) is 8.76. The summed E-state index contributed by atoms with van der Waals surface area (Å²) in [5.41, 5.74) is 2.87. The number of benzene rings is 1. The highest BCUT2D eigenvalue weighted by Crippen LogP contribution is 2.28. The van der Waals surface area contributed by atoms with Crippen LogP contribution in [0.1, 0.15) is 49.2 Å². The lowest BCUT2D eigenvalue weighted by Crippen LogP contribution is -2.19. The number of hydrogen-bond acceptors (Lipinski definition) is 4. The van der Waals surface area contributed by atoms with E-state index in [9.17, 15) is 0 Å². The van der Waals surface area contributed by atoms with Crippen molar-refractivity contribution in [3.63, 3.8) is 0 Å². The van der Waals surface area contributed by atoms with Crippen LogP contribution in [0.25, 0.3) is 0 Å². The minimum absolute atomic E-state index is 0.168. The van der Waals surface area contributed by atoms with Crippen LogP contribution in [0.15, 0.2) is 18.2 Å². The van der Waals surface area contributed by atoms with E-state index in [1.165, 1.54) is 24.0 Å². The number of hydrogen-bond donors (Lipinski definition) is 1. The first kappa shape index (κ1) is 15.8. The highest BCUT2D eigenvalue weighted by Gasteiger charge is 2.22. The fraction of sp³-hybridized carbons (Fsp3) is 0.556. The molecule has 1 aromatic carbocycles. The Morgan fingerprint density at radius 2 is 2.25 bits per heavy atom. The van der Waals surface area contributed by atoms with Gasteiger partial charge in [-0.05, 0) is 74.5 Å². The maximum Gasteiger partial charge on any atom is 0.195 e. The Bertz CT molecular complexity index is 777. The van der Waals surface area contributed by atoms with Crippen molar-refractivity contribution in [3.8, 4) is 5.75 Å². The summed E-state index contributed by atoms with van der Waals surface area (Å²) in [5.74, 6) is 1.73. The Morgan fingerprint density at radius 1 is 1.38 bits per heavy atom. The molecule has 24 heavy (non-hydrogen) atoms. The molecule has 0 amide bonds. The van der Waals surface area contributed by atoms with Crippen molar-refractivity contribution in [2.24, 2.45) is 0 Å². The van der Waals surface area contributed by atoms with Gasteiger partial charge in [0.25, 0.3) is 0 Å². The minimum Gasteiger partial charge on any atom is -0.483 e. The van der Waals surface area contributed by atoms with Gasteiger partial charge in [-0.25, -0.2) is 0 Å². The highest BCUT2D eigenvalue weighted by atomic mass is 32.1. The lowest BCUT2D eigenvalue weighted by molar-refractivity contribution is 0.0935. The number of rotatable bonds is 5. The van der Waals surface area contributed by atoms with E-state index in [2.05, 4.69) is 28.4 Å². The summed E-state index contributed by atoms with van der Waals surface area (Å²) in [6, 6.07) is 6.42. The Kier molecular flexibility index (Phi) is 4.41. The lowest BCUT2D eigenvalue weighted by Gasteiger charge is -2.18. The summed E-state index contributed by atoms with van der Waals surface area (Å²) < 4.78 is 14.5. The van der Waals surface area contributed by atoms with Gasteiger partial charge in [0.15, 0.2) is 16.7 Å². The second-order valence-electron chi connectivity index (χ2n) is 6.68. The molecule has 2 atom stereocenters. The highest BCUT2D eigenvalue weighted by molar-refractivity contribution is 7.71. The number of H-pyrrole nitrogens is 1. The Labute approximate surface area is 147 Å². The normalized spacial score (nSPS) is 21.0. The molecule has 2 unspecified atom stereocenters. The van der Waals surface area contributed by atoms with E-state index >= 15 is 0 Å².